The summed E-state index contributed by atoms with van der Waals surface area (Å²) in [5.41, 5.74) is 3.76. The third-order valence-corrected chi connectivity index (χ3v) is 4.93. The van der Waals surface area contributed by atoms with Crippen molar-refractivity contribution < 1.29 is 0 Å². The van der Waals surface area contributed by atoms with Crippen molar-refractivity contribution >= 4 is 38.2 Å². The molecule has 0 aliphatic carbocycles. The standard InChI is InChI=1S/C21H16N2O/c1-12(2)13-10-11-15-19-14(13)6-5-7-16(19)21(24)23-18-9-4-3-8-17(18)22-20(15)23/h3-12H,1-2H3. The summed E-state index contributed by atoms with van der Waals surface area (Å²) in [6.45, 7) is 4.37. The summed E-state index contributed by atoms with van der Waals surface area (Å²) in [4.78, 5) is 17.9. The molecule has 5 aromatic rings. The maximum absolute atomic E-state index is 13.2. The highest BCUT2D eigenvalue weighted by Gasteiger charge is 2.17. The number of benzene rings is 3. The minimum absolute atomic E-state index is 0.0118. The van der Waals surface area contributed by atoms with Crippen molar-refractivity contribution in [1.82, 2.24) is 9.38 Å². The molecule has 24 heavy (non-hydrogen) atoms. The van der Waals surface area contributed by atoms with Gasteiger partial charge in [-0.15, -0.1) is 0 Å². The minimum atomic E-state index is 0.0118. The van der Waals surface area contributed by atoms with Gasteiger partial charge in [-0.2, -0.15) is 0 Å². The van der Waals surface area contributed by atoms with Gasteiger partial charge in [-0.05, 0) is 35.1 Å². The highest BCUT2D eigenvalue weighted by Crippen LogP contribution is 2.34. The molecule has 0 saturated carbocycles. The Labute approximate surface area is 138 Å². The summed E-state index contributed by atoms with van der Waals surface area (Å²) < 4.78 is 1.75. The van der Waals surface area contributed by atoms with E-state index in [1.165, 1.54) is 5.56 Å². The summed E-state index contributed by atoms with van der Waals surface area (Å²) in [7, 11) is 0. The zero-order valence-electron chi connectivity index (χ0n) is 13.6. The third kappa shape index (κ3) is 1.56. The Balaban J connectivity index is 2.16. The Hall–Kier alpha value is -2.94. The highest BCUT2D eigenvalue weighted by molar-refractivity contribution is 6.16. The van der Waals surface area contributed by atoms with Crippen LogP contribution in [0.4, 0.5) is 0 Å². The number of pyridine rings is 1. The lowest BCUT2D eigenvalue weighted by molar-refractivity contribution is 0.877. The molecule has 0 fully saturated rings. The van der Waals surface area contributed by atoms with Gasteiger partial charge < -0.3 is 0 Å². The van der Waals surface area contributed by atoms with E-state index in [0.717, 1.165) is 38.2 Å². The molecule has 3 heteroatoms. The van der Waals surface area contributed by atoms with E-state index in [9.17, 15) is 4.79 Å². The van der Waals surface area contributed by atoms with Crippen LogP contribution in [0.1, 0.15) is 25.3 Å². The van der Waals surface area contributed by atoms with Crippen molar-refractivity contribution in [3.8, 4) is 0 Å². The van der Waals surface area contributed by atoms with Crippen molar-refractivity contribution in [1.29, 1.82) is 0 Å². The molecule has 0 atom stereocenters. The molecule has 0 spiro atoms. The fourth-order valence-electron chi connectivity index (χ4n) is 3.83. The lowest BCUT2D eigenvalue weighted by Gasteiger charge is -2.13. The van der Waals surface area contributed by atoms with Gasteiger partial charge >= 0.3 is 0 Å². The van der Waals surface area contributed by atoms with Crippen LogP contribution in [-0.4, -0.2) is 9.38 Å². The van der Waals surface area contributed by atoms with Crippen molar-refractivity contribution in [3.05, 3.63) is 70.5 Å². The van der Waals surface area contributed by atoms with Gasteiger partial charge in [0, 0.05) is 16.2 Å². The van der Waals surface area contributed by atoms with Gasteiger partial charge in [0.15, 0.2) is 0 Å². The first kappa shape index (κ1) is 13.5. The third-order valence-electron chi connectivity index (χ3n) is 4.93. The van der Waals surface area contributed by atoms with E-state index < -0.39 is 0 Å². The predicted octanol–water partition coefficient (Wildman–Crippen LogP) is 4.72. The van der Waals surface area contributed by atoms with Crippen LogP contribution in [0.15, 0.2) is 59.4 Å². The second-order valence-electron chi connectivity index (χ2n) is 6.65. The van der Waals surface area contributed by atoms with Gasteiger partial charge in [-0.1, -0.05) is 50.2 Å². The number of aromatic nitrogens is 2. The molecule has 0 radical (unpaired) electrons. The van der Waals surface area contributed by atoms with Crippen molar-refractivity contribution in [2.75, 3.05) is 0 Å². The van der Waals surface area contributed by atoms with Crippen LogP contribution in [0.25, 0.3) is 38.2 Å². The first-order chi connectivity index (χ1) is 11.7. The predicted molar refractivity (Wildman–Crippen MR) is 99.3 cm³/mol. The number of nitrogens with zero attached hydrogens (tertiary/aromatic N) is 2. The second kappa shape index (κ2) is 4.54. The summed E-state index contributed by atoms with van der Waals surface area (Å²) in [5, 5.41) is 4.00. The topological polar surface area (TPSA) is 34.4 Å². The molecule has 2 heterocycles. The molecule has 0 N–H and O–H groups in total. The number of hydrogen-bond donors (Lipinski definition) is 0. The maximum Gasteiger partial charge on any atom is 0.264 e. The normalized spacial score (nSPS) is 12.3. The summed E-state index contributed by atoms with van der Waals surface area (Å²) in [6, 6.07) is 18.1. The van der Waals surface area contributed by atoms with Gasteiger partial charge in [0.1, 0.15) is 5.65 Å². The quantitative estimate of drug-likeness (QED) is 0.449. The SMILES string of the molecule is CC(C)c1ccc2c3c1cccc3c(=O)n1c3ccccc3nc21. The fraction of sp³-hybridized carbons (Fsp3) is 0.143. The fourth-order valence-corrected chi connectivity index (χ4v) is 3.83. The first-order valence-corrected chi connectivity index (χ1v) is 8.25. The molecular weight excluding hydrogens is 296 g/mol. The molecule has 0 bridgehead atoms. The molecule has 0 amide bonds. The molecular formula is C21H16N2O. The smallest absolute Gasteiger partial charge is 0.264 e. The van der Waals surface area contributed by atoms with Crippen LogP contribution in [0, 0.1) is 0 Å². The van der Waals surface area contributed by atoms with Gasteiger partial charge in [0.05, 0.1) is 11.0 Å². The van der Waals surface area contributed by atoms with Crippen LogP contribution in [0.2, 0.25) is 0 Å². The van der Waals surface area contributed by atoms with E-state index in [1.807, 2.05) is 36.4 Å². The molecule has 0 saturated heterocycles. The van der Waals surface area contributed by atoms with E-state index in [1.54, 1.807) is 4.40 Å². The van der Waals surface area contributed by atoms with Gasteiger partial charge in [-0.3, -0.25) is 9.20 Å². The average molecular weight is 312 g/mol. The van der Waals surface area contributed by atoms with Gasteiger partial charge in [0.2, 0.25) is 0 Å². The van der Waals surface area contributed by atoms with E-state index >= 15 is 0 Å². The van der Waals surface area contributed by atoms with Crippen LogP contribution < -0.4 is 5.56 Å². The molecule has 0 aliphatic rings. The Kier molecular flexibility index (Phi) is 2.55. The van der Waals surface area contributed by atoms with Crippen LogP contribution >= 0.6 is 0 Å². The summed E-state index contributed by atoms with van der Waals surface area (Å²) in [5.74, 6) is 0.408. The van der Waals surface area contributed by atoms with Crippen LogP contribution in [0.5, 0.6) is 0 Å². The molecule has 3 aromatic carbocycles. The Bertz CT molecular complexity index is 1300. The molecule has 2 aromatic heterocycles. The number of rotatable bonds is 1. The van der Waals surface area contributed by atoms with E-state index in [2.05, 4.69) is 32.0 Å². The molecule has 116 valence electrons. The second-order valence-corrected chi connectivity index (χ2v) is 6.65. The first-order valence-electron chi connectivity index (χ1n) is 8.25. The number of para-hydroxylation sites is 2. The molecule has 0 unspecified atom stereocenters. The Morgan fingerprint density at radius 2 is 1.67 bits per heavy atom. The minimum Gasteiger partial charge on any atom is -0.268 e. The number of fused-ring (bicyclic) bond motifs is 4. The van der Waals surface area contributed by atoms with Crippen LogP contribution in [-0.2, 0) is 0 Å². The van der Waals surface area contributed by atoms with E-state index in [4.69, 9.17) is 4.98 Å². The number of imidazole rings is 1. The largest absolute Gasteiger partial charge is 0.268 e. The molecule has 3 nitrogen and oxygen atoms in total. The lowest BCUT2D eigenvalue weighted by Crippen LogP contribution is -2.13. The van der Waals surface area contributed by atoms with Crippen molar-refractivity contribution in [3.63, 3.8) is 0 Å². The van der Waals surface area contributed by atoms with E-state index in [0.29, 0.717) is 5.92 Å². The van der Waals surface area contributed by atoms with Gasteiger partial charge in [0.25, 0.3) is 5.56 Å². The highest BCUT2D eigenvalue weighted by atomic mass is 16.1. The lowest BCUT2D eigenvalue weighted by atomic mass is 9.92. The molecule has 5 rings (SSSR count). The van der Waals surface area contributed by atoms with Crippen molar-refractivity contribution in [2.24, 2.45) is 0 Å². The van der Waals surface area contributed by atoms with Gasteiger partial charge in [-0.25, -0.2) is 4.98 Å². The zero-order valence-corrected chi connectivity index (χ0v) is 13.6. The zero-order chi connectivity index (χ0) is 16.4. The summed E-state index contributed by atoms with van der Waals surface area (Å²) >= 11 is 0. The maximum atomic E-state index is 13.2. The van der Waals surface area contributed by atoms with Crippen LogP contribution in [0.3, 0.4) is 0 Å². The Morgan fingerprint density at radius 1 is 0.875 bits per heavy atom. The van der Waals surface area contributed by atoms with E-state index in [-0.39, 0.29) is 5.56 Å². The number of hydrogen-bond acceptors (Lipinski definition) is 2. The molecule has 0 aliphatic heterocycles. The monoisotopic (exact) mass is 312 g/mol. The van der Waals surface area contributed by atoms with Crippen molar-refractivity contribution in [2.45, 2.75) is 19.8 Å². The summed E-state index contributed by atoms with van der Waals surface area (Å²) in [6.07, 6.45) is 0. The average Bonchev–Trinajstić information content (AvgIpc) is 2.98. The Morgan fingerprint density at radius 3 is 2.50 bits per heavy atom.